The van der Waals surface area contributed by atoms with Crippen LogP contribution in [0.2, 0.25) is 0 Å². The van der Waals surface area contributed by atoms with Gasteiger partial charge in [0.05, 0.1) is 5.56 Å². The first-order valence-electron chi connectivity index (χ1n) is 10.2. The van der Waals surface area contributed by atoms with Crippen LogP contribution in [-0.4, -0.2) is 64.0 Å². The molecule has 3 rings (SSSR count). The molecule has 1 aliphatic heterocycles. The van der Waals surface area contributed by atoms with Crippen LogP contribution in [0.5, 0.6) is 0 Å². The Bertz CT molecular complexity index is 834. The molecule has 0 saturated carbocycles. The molecular weight excluding hydrogens is 368 g/mol. The zero-order chi connectivity index (χ0) is 20.6. The van der Waals surface area contributed by atoms with Crippen LogP contribution < -0.4 is 10.6 Å². The quantitative estimate of drug-likeness (QED) is 0.610. The Labute approximate surface area is 171 Å². The maximum atomic E-state index is 12.3. The number of hydrogen-bond acceptors (Lipinski definition) is 5. The van der Waals surface area contributed by atoms with E-state index in [9.17, 15) is 9.59 Å². The molecule has 0 spiro atoms. The van der Waals surface area contributed by atoms with Crippen LogP contribution in [0.4, 0.5) is 0 Å². The second-order valence-corrected chi connectivity index (χ2v) is 7.68. The fraction of sp³-hybridized carbons (Fsp3) is 0.524. The minimum atomic E-state index is -0.159. The van der Waals surface area contributed by atoms with Gasteiger partial charge in [-0.05, 0) is 36.9 Å². The van der Waals surface area contributed by atoms with E-state index in [1.54, 1.807) is 6.20 Å². The van der Waals surface area contributed by atoms with E-state index in [0.29, 0.717) is 24.6 Å². The molecule has 1 atom stereocenters. The molecule has 2 N–H and O–H groups in total. The third-order valence-corrected chi connectivity index (χ3v) is 5.31. The highest BCUT2D eigenvalue weighted by Crippen LogP contribution is 2.21. The van der Waals surface area contributed by atoms with Crippen molar-refractivity contribution >= 4 is 11.8 Å². The van der Waals surface area contributed by atoms with Crippen LogP contribution in [0.15, 0.2) is 30.9 Å². The minimum Gasteiger partial charge on any atom is -0.355 e. The van der Waals surface area contributed by atoms with Gasteiger partial charge in [-0.3, -0.25) is 14.6 Å². The summed E-state index contributed by atoms with van der Waals surface area (Å²) >= 11 is 0. The minimum absolute atomic E-state index is 0.103. The van der Waals surface area contributed by atoms with Gasteiger partial charge in [0.1, 0.15) is 5.82 Å². The van der Waals surface area contributed by atoms with Gasteiger partial charge in [-0.1, -0.05) is 0 Å². The van der Waals surface area contributed by atoms with Gasteiger partial charge >= 0.3 is 0 Å². The van der Waals surface area contributed by atoms with Crippen LogP contribution >= 0.6 is 0 Å². The third kappa shape index (κ3) is 6.39. The first-order chi connectivity index (χ1) is 14.0. The first-order valence-corrected chi connectivity index (χ1v) is 10.2. The zero-order valence-electron chi connectivity index (χ0n) is 17.2. The average molecular weight is 399 g/mol. The Hall–Kier alpha value is -2.74. The lowest BCUT2D eigenvalue weighted by Gasteiger charge is -2.16. The summed E-state index contributed by atoms with van der Waals surface area (Å²) in [6.45, 7) is 5.47. The van der Waals surface area contributed by atoms with E-state index in [-0.39, 0.29) is 11.8 Å². The summed E-state index contributed by atoms with van der Waals surface area (Å²) in [5.74, 6) is 1.44. The number of hydrogen-bond donors (Lipinski definition) is 2. The molecule has 0 aromatic carbocycles. The van der Waals surface area contributed by atoms with E-state index in [4.69, 9.17) is 0 Å². The molecule has 156 valence electrons. The molecule has 1 unspecified atom stereocenters. The first kappa shape index (κ1) is 21.0. The number of nitrogens with one attached hydrogen (secondary N) is 2. The molecule has 1 aliphatic rings. The van der Waals surface area contributed by atoms with Crippen molar-refractivity contribution in [1.29, 1.82) is 0 Å². The Morgan fingerprint density at radius 1 is 1.24 bits per heavy atom. The summed E-state index contributed by atoms with van der Waals surface area (Å²) in [6, 6.07) is 1.93. The van der Waals surface area contributed by atoms with Crippen molar-refractivity contribution in [2.75, 3.05) is 32.7 Å². The van der Waals surface area contributed by atoms with Crippen molar-refractivity contribution in [3.8, 4) is 0 Å². The standard InChI is InChI=1S/C21H30N6O2/c1-16(28)23-5-6-25-21(29)19-12-18(13-22-14-19)11-17-3-8-27(15-17)9-4-20-24-7-10-26(20)2/h7,10,12-14,17H,3-6,8-9,11,15H2,1-2H3,(H,23,28)(H,25,29). The fourth-order valence-electron chi connectivity index (χ4n) is 3.75. The molecule has 0 radical (unpaired) electrons. The molecule has 29 heavy (non-hydrogen) atoms. The van der Waals surface area contributed by atoms with Gasteiger partial charge in [0, 0.05) is 71.4 Å². The number of imidazole rings is 1. The van der Waals surface area contributed by atoms with Crippen LogP contribution in [0.3, 0.4) is 0 Å². The number of carbonyl (C=O) groups is 2. The highest BCUT2D eigenvalue weighted by atomic mass is 16.2. The topological polar surface area (TPSA) is 92.2 Å². The highest BCUT2D eigenvalue weighted by Gasteiger charge is 2.23. The van der Waals surface area contributed by atoms with Gasteiger partial charge in [0.25, 0.3) is 5.91 Å². The van der Waals surface area contributed by atoms with Gasteiger partial charge in [-0.2, -0.15) is 0 Å². The molecule has 3 heterocycles. The number of nitrogens with zero attached hydrogens (tertiary/aromatic N) is 4. The van der Waals surface area contributed by atoms with Crippen LogP contribution in [0.25, 0.3) is 0 Å². The zero-order valence-corrected chi connectivity index (χ0v) is 17.2. The predicted octanol–water partition coefficient (Wildman–Crippen LogP) is 0.788. The fourth-order valence-corrected chi connectivity index (χ4v) is 3.75. The van der Waals surface area contributed by atoms with Crippen molar-refractivity contribution in [2.45, 2.75) is 26.2 Å². The van der Waals surface area contributed by atoms with Gasteiger partial charge in [-0.25, -0.2) is 4.98 Å². The van der Waals surface area contributed by atoms with Crippen molar-refractivity contribution < 1.29 is 9.59 Å². The van der Waals surface area contributed by atoms with E-state index < -0.39 is 0 Å². The van der Waals surface area contributed by atoms with Crippen LogP contribution in [-0.2, 0) is 24.7 Å². The van der Waals surface area contributed by atoms with Crippen LogP contribution in [0, 0.1) is 5.92 Å². The number of pyridine rings is 1. The number of rotatable bonds is 9. The lowest BCUT2D eigenvalue weighted by atomic mass is 9.99. The van der Waals surface area contributed by atoms with Gasteiger partial charge in [0.15, 0.2) is 0 Å². The number of aromatic nitrogens is 3. The second-order valence-electron chi connectivity index (χ2n) is 7.68. The predicted molar refractivity (Wildman–Crippen MR) is 110 cm³/mol. The van der Waals surface area contributed by atoms with E-state index in [1.807, 2.05) is 31.7 Å². The summed E-state index contributed by atoms with van der Waals surface area (Å²) in [5.41, 5.74) is 1.66. The molecule has 8 heteroatoms. The summed E-state index contributed by atoms with van der Waals surface area (Å²) < 4.78 is 2.08. The Morgan fingerprint density at radius 3 is 2.83 bits per heavy atom. The smallest absolute Gasteiger partial charge is 0.252 e. The second kappa shape index (κ2) is 10.2. The molecule has 0 aliphatic carbocycles. The highest BCUT2D eigenvalue weighted by molar-refractivity contribution is 5.94. The summed E-state index contributed by atoms with van der Waals surface area (Å²) in [4.78, 5) is 34.3. The van der Waals surface area contributed by atoms with Crippen molar-refractivity contribution in [2.24, 2.45) is 13.0 Å². The van der Waals surface area contributed by atoms with Gasteiger partial charge < -0.3 is 20.1 Å². The molecule has 1 saturated heterocycles. The maximum Gasteiger partial charge on any atom is 0.252 e. The molecule has 2 aromatic heterocycles. The summed E-state index contributed by atoms with van der Waals surface area (Å²) in [5, 5.41) is 5.47. The summed E-state index contributed by atoms with van der Waals surface area (Å²) in [7, 11) is 2.03. The average Bonchev–Trinajstić information content (AvgIpc) is 3.32. The lowest BCUT2D eigenvalue weighted by Crippen LogP contribution is -2.33. The Kier molecular flexibility index (Phi) is 7.35. The van der Waals surface area contributed by atoms with E-state index >= 15 is 0 Å². The van der Waals surface area contributed by atoms with Gasteiger partial charge in [0.2, 0.25) is 5.91 Å². The molecular formula is C21H30N6O2. The van der Waals surface area contributed by atoms with Gasteiger partial charge in [-0.15, -0.1) is 0 Å². The summed E-state index contributed by atoms with van der Waals surface area (Å²) in [6.07, 6.45) is 10.3. The number of aryl methyl sites for hydroxylation is 1. The SMILES string of the molecule is CC(=O)NCCNC(=O)c1cncc(CC2CCN(CCc3nccn3C)C2)c1. The van der Waals surface area contributed by atoms with E-state index in [1.165, 1.54) is 6.92 Å². The number of carbonyl (C=O) groups excluding carboxylic acids is 2. The van der Waals surface area contributed by atoms with Crippen molar-refractivity contribution in [1.82, 2.24) is 30.1 Å². The molecule has 0 bridgehead atoms. The van der Waals surface area contributed by atoms with E-state index in [2.05, 4.69) is 30.1 Å². The van der Waals surface area contributed by atoms with Crippen molar-refractivity contribution in [3.63, 3.8) is 0 Å². The largest absolute Gasteiger partial charge is 0.355 e. The third-order valence-electron chi connectivity index (χ3n) is 5.31. The van der Waals surface area contributed by atoms with Crippen LogP contribution in [0.1, 0.15) is 35.1 Å². The van der Waals surface area contributed by atoms with E-state index in [0.717, 1.165) is 50.3 Å². The Balaban J connectivity index is 1.44. The lowest BCUT2D eigenvalue weighted by molar-refractivity contribution is -0.118. The molecule has 2 aromatic rings. The normalized spacial score (nSPS) is 16.7. The molecule has 1 fully saturated rings. The monoisotopic (exact) mass is 398 g/mol. The van der Waals surface area contributed by atoms with Crippen molar-refractivity contribution in [3.05, 3.63) is 47.8 Å². The molecule has 8 nitrogen and oxygen atoms in total. The Morgan fingerprint density at radius 2 is 2.07 bits per heavy atom. The number of likely N-dealkylation sites (tertiary alicyclic amines) is 1. The molecule has 2 amide bonds. The maximum absolute atomic E-state index is 12.3. The number of amides is 2.